The number of H-pyrrole nitrogens is 1. The highest BCUT2D eigenvalue weighted by Crippen LogP contribution is 1.86. The molecule has 0 radical (unpaired) electrons. The van der Waals surface area contributed by atoms with Gasteiger partial charge in [-0.2, -0.15) is 8.42 Å². The molecular formula is C7H14N2O5S. The monoisotopic (exact) mass is 238 g/mol. The van der Waals surface area contributed by atoms with Gasteiger partial charge in [0.25, 0.3) is 0 Å². The van der Waals surface area contributed by atoms with E-state index in [1.54, 1.807) is 12.4 Å². The highest BCUT2D eigenvalue weighted by Gasteiger charge is 1.98. The predicted octanol–water partition coefficient (Wildman–Crippen LogP) is -0.230. The molecule has 0 aromatic carbocycles. The largest absolute Gasteiger partial charge is 0.397 e. The smallest absolute Gasteiger partial charge is 0.396 e. The van der Waals surface area contributed by atoms with Crippen LogP contribution in [-0.2, 0) is 21.0 Å². The lowest BCUT2D eigenvalue weighted by Crippen LogP contribution is -2.01. The third-order valence-corrected chi connectivity index (χ3v) is 1.70. The van der Waals surface area contributed by atoms with E-state index in [-0.39, 0.29) is 13.2 Å². The molecule has 0 atom stereocenters. The Labute approximate surface area is 88.1 Å². The molecule has 0 spiro atoms. The molecule has 1 heterocycles. The standard InChI is InChI=1S/C5H8N2O.C2H6O4S/c8-4-1-5-6-2-3-7-5;1-2-6-7(3,4)5/h2-3,8H,1,4H2,(H,6,7);2H2,1H3,(H,3,4,5). The van der Waals surface area contributed by atoms with Gasteiger partial charge in [-0.15, -0.1) is 0 Å². The van der Waals surface area contributed by atoms with Crippen molar-refractivity contribution in [2.75, 3.05) is 13.2 Å². The van der Waals surface area contributed by atoms with Gasteiger partial charge in [-0.05, 0) is 6.92 Å². The van der Waals surface area contributed by atoms with E-state index in [0.29, 0.717) is 6.42 Å². The average Bonchev–Trinajstić information content (AvgIpc) is 2.56. The Bertz CT molecular complexity index is 334. The van der Waals surface area contributed by atoms with Gasteiger partial charge in [-0.1, -0.05) is 0 Å². The van der Waals surface area contributed by atoms with Crippen LogP contribution in [0.5, 0.6) is 0 Å². The maximum absolute atomic E-state index is 9.56. The Morgan fingerprint density at radius 3 is 2.53 bits per heavy atom. The topological polar surface area (TPSA) is 113 Å². The number of hydrogen-bond donors (Lipinski definition) is 3. The Kier molecular flexibility index (Phi) is 6.88. The fourth-order valence-electron chi connectivity index (χ4n) is 0.690. The van der Waals surface area contributed by atoms with Gasteiger partial charge in [0.05, 0.1) is 13.2 Å². The second kappa shape index (κ2) is 7.35. The SMILES string of the molecule is CCOS(=O)(=O)O.OCCc1ncc[nH]1. The molecule has 7 nitrogen and oxygen atoms in total. The van der Waals surface area contributed by atoms with Crippen molar-refractivity contribution in [3.63, 3.8) is 0 Å². The zero-order chi connectivity index (χ0) is 11.7. The van der Waals surface area contributed by atoms with Gasteiger partial charge < -0.3 is 10.1 Å². The molecule has 0 aliphatic heterocycles. The fourth-order valence-corrected chi connectivity index (χ4v) is 0.987. The van der Waals surface area contributed by atoms with Crippen LogP contribution in [0.3, 0.4) is 0 Å². The quantitative estimate of drug-likeness (QED) is 0.624. The lowest BCUT2D eigenvalue weighted by atomic mass is 10.4. The lowest BCUT2D eigenvalue weighted by Gasteiger charge is -1.88. The third kappa shape index (κ3) is 9.35. The summed E-state index contributed by atoms with van der Waals surface area (Å²) in [5.74, 6) is 0.840. The van der Waals surface area contributed by atoms with Crippen LogP contribution in [0.2, 0.25) is 0 Å². The molecule has 88 valence electrons. The maximum Gasteiger partial charge on any atom is 0.397 e. The van der Waals surface area contributed by atoms with E-state index in [0.717, 1.165) is 5.82 Å². The molecule has 15 heavy (non-hydrogen) atoms. The molecule has 1 aromatic heterocycles. The number of aromatic nitrogens is 2. The van der Waals surface area contributed by atoms with Crippen LogP contribution < -0.4 is 0 Å². The van der Waals surface area contributed by atoms with E-state index in [2.05, 4.69) is 14.2 Å². The average molecular weight is 238 g/mol. The number of nitrogens with zero attached hydrogens (tertiary/aromatic N) is 1. The van der Waals surface area contributed by atoms with E-state index >= 15 is 0 Å². The van der Waals surface area contributed by atoms with Crippen molar-refractivity contribution in [2.24, 2.45) is 0 Å². The van der Waals surface area contributed by atoms with E-state index in [1.807, 2.05) is 0 Å². The number of hydrogen-bond acceptors (Lipinski definition) is 5. The molecule has 0 unspecified atom stereocenters. The Morgan fingerprint density at radius 1 is 1.60 bits per heavy atom. The van der Waals surface area contributed by atoms with E-state index in [1.165, 1.54) is 6.92 Å². The van der Waals surface area contributed by atoms with Crippen molar-refractivity contribution in [3.05, 3.63) is 18.2 Å². The predicted molar refractivity (Wildman–Crippen MR) is 52.6 cm³/mol. The summed E-state index contributed by atoms with van der Waals surface area (Å²) in [6.07, 6.45) is 4.03. The molecular weight excluding hydrogens is 224 g/mol. The zero-order valence-electron chi connectivity index (χ0n) is 8.25. The zero-order valence-corrected chi connectivity index (χ0v) is 9.07. The molecule has 0 aliphatic rings. The molecule has 0 saturated carbocycles. The number of aliphatic hydroxyl groups is 1. The number of aliphatic hydroxyl groups excluding tert-OH is 1. The Morgan fingerprint density at radius 2 is 2.27 bits per heavy atom. The summed E-state index contributed by atoms with van der Waals surface area (Å²) in [5.41, 5.74) is 0. The van der Waals surface area contributed by atoms with Gasteiger partial charge in [0.2, 0.25) is 0 Å². The summed E-state index contributed by atoms with van der Waals surface area (Å²) in [6.45, 7) is 1.60. The van der Waals surface area contributed by atoms with Crippen molar-refractivity contribution in [1.82, 2.24) is 9.97 Å². The summed E-state index contributed by atoms with van der Waals surface area (Å²) in [6, 6.07) is 0. The van der Waals surface area contributed by atoms with E-state index in [9.17, 15) is 8.42 Å². The molecule has 1 aromatic rings. The number of rotatable bonds is 4. The molecule has 1 rings (SSSR count). The van der Waals surface area contributed by atoms with Crippen LogP contribution in [0.25, 0.3) is 0 Å². The maximum atomic E-state index is 9.56. The van der Waals surface area contributed by atoms with E-state index < -0.39 is 10.4 Å². The van der Waals surface area contributed by atoms with Crippen LogP contribution in [0, 0.1) is 0 Å². The van der Waals surface area contributed by atoms with Crippen LogP contribution in [0.1, 0.15) is 12.7 Å². The minimum Gasteiger partial charge on any atom is -0.396 e. The summed E-state index contributed by atoms with van der Waals surface area (Å²) in [7, 11) is -4.17. The summed E-state index contributed by atoms with van der Waals surface area (Å²) < 4.78 is 30.7. The second-order valence-electron chi connectivity index (χ2n) is 2.34. The van der Waals surface area contributed by atoms with Gasteiger partial charge in [0.15, 0.2) is 0 Å². The number of imidazole rings is 1. The summed E-state index contributed by atoms with van der Waals surface area (Å²) in [4.78, 5) is 6.76. The first kappa shape index (κ1) is 14.0. The number of nitrogens with one attached hydrogen (secondary N) is 1. The first-order valence-electron chi connectivity index (χ1n) is 4.20. The number of aromatic amines is 1. The summed E-state index contributed by atoms with van der Waals surface area (Å²) >= 11 is 0. The van der Waals surface area contributed by atoms with Crippen molar-refractivity contribution < 1.29 is 22.3 Å². The molecule has 8 heteroatoms. The lowest BCUT2D eigenvalue weighted by molar-refractivity contribution is 0.283. The minimum atomic E-state index is -4.17. The molecule has 3 N–H and O–H groups in total. The Balaban J connectivity index is 0.000000265. The van der Waals surface area contributed by atoms with Gasteiger partial charge in [-0.25, -0.2) is 9.17 Å². The van der Waals surface area contributed by atoms with Gasteiger partial charge >= 0.3 is 10.4 Å². The molecule has 0 amide bonds. The van der Waals surface area contributed by atoms with Crippen LogP contribution >= 0.6 is 0 Å². The highest BCUT2D eigenvalue weighted by molar-refractivity contribution is 7.80. The minimum absolute atomic E-state index is 0.0289. The van der Waals surface area contributed by atoms with Crippen molar-refractivity contribution in [1.29, 1.82) is 0 Å². The van der Waals surface area contributed by atoms with E-state index in [4.69, 9.17) is 9.66 Å². The second-order valence-corrected chi connectivity index (χ2v) is 3.43. The molecule has 0 saturated heterocycles. The fraction of sp³-hybridized carbons (Fsp3) is 0.571. The van der Waals surface area contributed by atoms with Gasteiger partial charge in [0.1, 0.15) is 5.82 Å². The van der Waals surface area contributed by atoms with Crippen molar-refractivity contribution in [3.8, 4) is 0 Å². The van der Waals surface area contributed by atoms with Crippen molar-refractivity contribution in [2.45, 2.75) is 13.3 Å². The third-order valence-electron chi connectivity index (χ3n) is 1.17. The normalized spacial score (nSPS) is 10.6. The highest BCUT2D eigenvalue weighted by atomic mass is 32.3. The van der Waals surface area contributed by atoms with Crippen LogP contribution in [0.15, 0.2) is 12.4 Å². The molecule has 0 bridgehead atoms. The van der Waals surface area contributed by atoms with Crippen LogP contribution in [0.4, 0.5) is 0 Å². The van der Waals surface area contributed by atoms with Crippen molar-refractivity contribution >= 4 is 10.4 Å². The first-order valence-corrected chi connectivity index (χ1v) is 5.57. The Hall–Kier alpha value is -0.960. The molecule has 0 aliphatic carbocycles. The summed E-state index contributed by atoms with van der Waals surface area (Å²) in [5, 5.41) is 8.38. The molecule has 0 fully saturated rings. The van der Waals surface area contributed by atoms with Crippen LogP contribution in [-0.4, -0.2) is 41.3 Å². The first-order chi connectivity index (χ1) is 6.99. The van der Waals surface area contributed by atoms with Gasteiger partial charge in [0, 0.05) is 18.8 Å². The van der Waals surface area contributed by atoms with Gasteiger partial charge in [-0.3, -0.25) is 4.55 Å².